The molecule has 0 unspecified atom stereocenters. The van der Waals surface area contributed by atoms with Gasteiger partial charge in [-0.3, -0.25) is 9.59 Å². The van der Waals surface area contributed by atoms with Crippen molar-refractivity contribution in [2.24, 2.45) is 0 Å². The first-order chi connectivity index (χ1) is 14.5. The zero-order chi connectivity index (χ0) is 21.3. The van der Waals surface area contributed by atoms with Gasteiger partial charge in [0.15, 0.2) is 0 Å². The Morgan fingerprint density at radius 2 is 1.80 bits per heavy atom. The van der Waals surface area contributed by atoms with Gasteiger partial charge in [0, 0.05) is 31.1 Å². The van der Waals surface area contributed by atoms with Gasteiger partial charge in [-0.2, -0.15) is 0 Å². The van der Waals surface area contributed by atoms with Gasteiger partial charge in [0.25, 0.3) is 5.91 Å². The van der Waals surface area contributed by atoms with E-state index in [-0.39, 0.29) is 17.9 Å². The Labute approximate surface area is 179 Å². The highest BCUT2D eigenvalue weighted by Crippen LogP contribution is 2.16. The van der Waals surface area contributed by atoms with Crippen molar-refractivity contribution in [3.8, 4) is 5.75 Å². The predicted molar refractivity (Wildman–Crippen MR) is 119 cm³/mol. The predicted octanol–water partition coefficient (Wildman–Crippen LogP) is 4.27. The molecule has 0 aliphatic carbocycles. The summed E-state index contributed by atoms with van der Waals surface area (Å²) in [6.45, 7) is 6.03. The van der Waals surface area contributed by atoms with Crippen molar-refractivity contribution in [3.63, 3.8) is 0 Å². The van der Waals surface area contributed by atoms with Crippen LogP contribution >= 0.6 is 0 Å². The minimum Gasteiger partial charge on any atom is -0.494 e. The van der Waals surface area contributed by atoms with Crippen molar-refractivity contribution in [3.05, 3.63) is 65.2 Å². The van der Waals surface area contributed by atoms with E-state index in [1.54, 1.807) is 0 Å². The van der Waals surface area contributed by atoms with Crippen molar-refractivity contribution < 1.29 is 14.3 Å². The summed E-state index contributed by atoms with van der Waals surface area (Å²) in [6.07, 6.45) is 3.86. The lowest BCUT2D eigenvalue weighted by atomic mass is 10.0. The lowest BCUT2D eigenvalue weighted by Gasteiger charge is -2.32. The molecule has 5 nitrogen and oxygen atoms in total. The number of benzene rings is 2. The molecule has 30 heavy (non-hydrogen) atoms. The van der Waals surface area contributed by atoms with Gasteiger partial charge in [0.05, 0.1) is 6.61 Å². The van der Waals surface area contributed by atoms with Crippen molar-refractivity contribution >= 4 is 11.8 Å². The highest BCUT2D eigenvalue weighted by molar-refractivity contribution is 5.95. The van der Waals surface area contributed by atoms with Gasteiger partial charge in [-0.25, -0.2) is 0 Å². The third-order valence-corrected chi connectivity index (χ3v) is 5.62. The zero-order valence-corrected chi connectivity index (χ0v) is 18.0. The molecular weight excluding hydrogens is 376 g/mol. The van der Waals surface area contributed by atoms with Gasteiger partial charge >= 0.3 is 0 Å². The molecule has 1 aliphatic rings. The molecule has 3 rings (SSSR count). The fourth-order valence-electron chi connectivity index (χ4n) is 3.80. The van der Waals surface area contributed by atoms with Gasteiger partial charge in [0.1, 0.15) is 5.75 Å². The largest absolute Gasteiger partial charge is 0.494 e. The quantitative estimate of drug-likeness (QED) is 0.664. The lowest BCUT2D eigenvalue weighted by Crippen LogP contribution is -2.46. The molecule has 0 radical (unpaired) electrons. The molecule has 0 atom stereocenters. The summed E-state index contributed by atoms with van der Waals surface area (Å²) in [5.41, 5.74) is 2.89. The molecular formula is C25H32N2O3. The number of piperidine rings is 1. The summed E-state index contributed by atoms with van der Waals surface area (Å²) >= 11 is 0. The molecule has 1 aliphatic heterocycles. The van der Waals surface area contributed by atoms with Crippen LogP contribution in [0.2, 0.25) is 0 Å². The number of carbonyl (C=O) groups is 2. The Bertz CT molecular complexity index is 857. The Kier molecular flexibility index (Phi) is 7.89. The number of rotatable bonds is 8. The van der Waals surface area contributed by atoms with Crippen LogP contribution < -0.4 is 10.1 Å². The standard InChI is InChI=1S/C25H32N2O3/c1-19-8-7-10-22(18-19)30-17-6-5-12-24(28)27-15-13-21(14-16-27)26-25(29)23-11-4-3-9-20(23)2/h3-4,7-11,18,21H,5-6,12-17H2,1-2H3,(H,26,29). The molecule has 160 valence electrons. The topological polar surface area (TPSA) is 58.6 Å². The summed E-state index contributed by atoms with van der Waals surface area (Å²) in [4.78, 5) is 26.9. The Hall–Kier alpha value is -2.82. The van der Waals surface area contributed by atoms with Crippen molar-refractivity contribution in [1.29, 1.82) is 0 Å². The number of hydrogen-bond donors (Lipinski definition) is 1. The molecule has 0 bridgehead atoms. The van der Waals surface area contributed by atoms with E-state index in [0.717, 1.165) is 42.6 Å². The average molecular weight is 409 g/mol. The highest BCUT2D eigenvalue weighted by atomic mass is 16.5. The normalized spacial score (nSPS) is 14.4. The molecule has 1 fully saturated rings. The number of amides is 2. The Morgan fingerprint density at radius 1 is 1.03 bits per heavy atom. The molecule has 1 heterocycles. The molecule has 1 saturated heterocycles. The number of carbonyl (C=O) groups excluding carboxylic acids is 2. The van der Waals surface area contributed by atoms with E-state index in [9.17, 15) is 9.59 Å². The fourth-order valence-corrected chi connectivity index (χ4v) is 3.80. The summed E-state index contributed by atoms with van der Waals surface area (Å²) in [5, 5.41) is 3.12. The van der Waals surface area contributed by atoms with Crippen LogP contribution in [-0.2, 0) is 4.79 Å². The summed E-state index contributed by atoms with van der Waals surface area (Å²) in [6, 6.07) is 15.8. The van der Waals surface area contributed by atoms with Crippen molar-refractivity contribution in [2.45, 2.75) is 52.0 Å². The van der Waals surface area contributed by atoms with Gasteiger partial charge in [-0.15, -0.1) is 0 Å². The number of ether oxygens (including phenoxy) is 1. The summed E-state index contributed by atoms with van der Waals surface area (Å²) in [7, 11) is 0. The van der Waals surface area contributed by atoms with E-state index >= 15 is 0 Å². The van der Waals surface area contributed by atoms with Gasteiger partial charge in [-0.05, 0) is 68.9 Å². The monoisotopic (exact) mass is 408 g/mol. The molecule has 2 amide bonds. The third kappa shape index (κ3) is 6.34. The third-order valence-electron chi connectivity index (χ3n) is 5.62. The molecule has 2 aromatic carbocycles. The number of unbranched alkanes of at least 4 members (excludes halogenated alkanes) is 1. The average Bonchev–Trinajstić information content (AvgIpc) is 2.74. The smallest absolute Gasteiger partial charge is 0.251 e. The minimum atomic E-state index is -0.0218. The van der Waals surface area contributed by atoms with Gasteiger partial charge in [0.2, 0.25) is 5.91 Å². The maximum Gasteiger partial charge on any atom is 0.251 e. The summed E-state index contributed by atoms with van der Waals surface area (Å²) < 4.78 is 5.74. The lowest BCUT2D eigenvalue weighted by molar-refractivity contribution is -0.132. The van der Waals surface area contributed by atoms with Crippen LogP contribution in [0.15, 0.2) is 48.5 Å². The van der Waals surface area contributed by atoms with Crippen LogP contribution in [0.3, 0.4) is 0 Å². The number of likely N-dealkylation sites (tertiary alicyclic amines) is 1. The van der Waals surface area contributed by atoms with Crippen LogP contribution in [0.25, 0.3) is 0 Å². The highest BCUT2D eigenvalue weighted by Gasteiger charge is 2.24. The van der Waals surface area contributed by atoms with Crippen LogP contribution in [0.1, 0.15) is 53.6 Å². The molecule has 1 N–H and O–H groups in total. The second-order valence-corrected chi connectivity index (χ2v) is 8.07. The number of hydrogen-bond acceptors (Lipinski definition) is 3. The number of nitrogens with one attached hydrogen (secondary N) is 1. The SMILES string of the molecule is Cc1cccc(OCCCCC(=O)N2CCC(NC(=O)c3ccccc3C)CC2)c1. The van der Waals surface area contributed by atoms with Gasteiger partial charge in [-0.1, -0.05) is 30.3 Å². The molecule has 0 aromatic heterocycles. The summed E-state index contributed by atoms with van der Waals surface area (Å²) in [5.74, 6) is 1.07. The second-order valence-electron chi connectivity index (χ2n) is 8.07. The first-order valence-electron chi connectivity index (χ1n) is 10.9. The first kappa shape index (κ1) is 21.9. The Balaban J connectivity index is 1.32. The van der Waals surface area contributed by atoms with E-state index in [0.29, 0.717) is 26.1 Å². The maximum absolute atomic E-state index is 12.5. The van der Waals surface area contributed by atoms with E-state index in [4.69, 9.17) is 4.74 Å². The van der Waals surface area contributed by atoms with Crippen LogP contribution in [0, 0.1) is 13.8 Å². The first-order valence-corrected chi connectivity index (χ1v) is 10.9. The van der Waals surface area contributed by atoms with Crippen LogP contribution in [0.5, 0.6) is 5.75 Å². The molecule has 5 heteroatoms. The molecule has 0 saturated carbocycles. The van der Waals surface area contributed by atoms with E-state index in [2.05, 4.69) is 5.32 Å². The molecule has 0 spiro atoms. The molecule has 2 aromatic rings. The zero-order valence-electron chi connectivity index (χ0n) is 18.0. The second kappa shape index (κ2) is 10.8. The van der Waals surface area contributed by atoms with Crippen molar-refractivity contribution in [1.82, 2.24) is 10.2 Å². The number of nitrogens with zero attached hydrogens (tertiary/aromatic N) is 1. The van der Waals surface area contributed by atoms with E-state index in [1.807, 2.05) is 67.3 Å². The van der Waals surface area contributed by atoms with Gasteiger partial charge < -0.3 is 15.0 Å². The minimum absolute atomic E-state index is 0.0218. The number of aryl methyl sites for hydroxylation is 2. The van der Waals surface area contributed by atoms with E-state index < -0.39 is 0 Å². The van der Waals surface area contributed by atoms with E-state index in [1.165, 1.54) is 5.56 Å². The maximum atomic E-state index is 12.5. The fraction of sp³-hybridized carbons (Fsp3) is 0.440. The van der Waals surface area contributed by atoms with Crippen LogP contribution in [0.4, 0.5) is 0 Å². The van der Waals surface area contributed by atoms with Crippen molar-refractivity contribution in [2.75, 3.05) is 19.7 Å². The van der Waals surface area contributed by atoms with Crippen LogP contribution in [-0.4, -0.2) is 42.5 Å². The Morgan fingerprint density at radius 3 is 2.53 bits per heavy atom.